The Bertz CT molecular complexity index is 1100. The normalized spacial score (nSPS) is 12.5. The zero-order valence-corrected chi connectivity index (χ0v) is 17.6. The molecule has 3 aromatic carbocycles. The van der Waals surface area contributed by atoms with Gasteiger partial charge in [-0.3, -0.25) is 9.59 Å². The summed E-state index contributed by atoms with van der Waals surface area (Å²) in [5.41, 5.74) is 1.21. The van der Waals surface area contributed by atoms with Crippen LogP contribution in [0, 0.1) is 11.6 Å². The summed E-state index contributed by atoms with van der Waals surface area (Å²) >= 11 is 0. The van der Waals surface area contributed by atoms with Crippen LogP contribution < -0.4 is 10.6 Å². The number of rotatable bonds is 9. The van der Waals surface area contributed by atoms with E-state index in [9.17, 15) is 28.4 Å². The van der Waals surface area contributed by atoms with E-state index < -0.39 is 42.6 Å². The Morgan fingerprint density at radius 1 is 0.848 bits per heavy atom. The first-order valence-electron chi connectivity index (χ1n) is 10.3. The third kappa shape index (κ3) is 7.23. The quantitative estimate of drug-likeness (QED) is 0.375. The molecule has 170 valence electrons. The first kappa shape index (κ1) is 24.1. The van der Waals surface area contributed by atoms with Gasteiger partial charge in [0, 0.05) is 5.56 Å². The van der Waals surface area contributed by atoms with E-state index in [1.165, 1.54) is 36.4 Å². The van der Waals surface area contributed by atoms with Crippen LogP contribution in [-0.4, -0.2) is 34.9 Å². The summed E-state index contributed by atoms with van der Waals surface area (Å²) < 4.78 is 27.3. The largest absolute Gasteiger partial charge is 0.475 e. The minimum Gasteiger partial charge on any atom is -0.426 e. The van der Waals surface area contributed by atoms with Crippen molar-refractivity contribution in [3.05, 3.63) is 107 Å². The molecule has 0 spiro atoms. The molecule has 9 heteroatoms. The fraction of sp³-hybridized carbons (Fsp3) is 0.167. The van der Waals surface area contributed by atoms with E-state index in [0.29, 0.717) is 16.7 Å². The summed E-state index contributed by atoms with van der Waals surface area (Å²) in [5.74, 6) is -3.18. The summed E-state index contributed by atoms with van der Waals surface area (Å²) in [5, 5.41) is 24.6. The molecule has 0 saturated heterocycles. The van der Waals surface area contributed by atoms with E-state index in [4.69, 9.17) is 0 Å². The van der Waals surface area contributed by atoms with Crippen molar-refractivity contribution in [1.29, 1.82) is 0 Å². The van der Waals surface area contributed by atoms with E-state index in [1.807, 2.05) is 0 Å². The summed E-state index contributed by atoms with van der Waals surface area (Å²) in [6.07, 6.45) is -0.309. The molecule has 0 saturated carbocycles. The van der Waals surface area contributed by atoms with Crippen molar-refractivity contribution in [3.8, 4) is 0 Å². The van der Waals surface area contributed by atoms with E-state index in [-0.39, 0.29) is 12.8 Å². The Balaban J connectivity index is 1.74. The second-order valence-corrected chi connectivity index (χ2v) is 7.57. The van der Waals surface area contributed by atoms with Gasteiger partial charge < -0.3 is 20.7 Å². The molecule has 0 aliphatic rings. The van der Waals surface area contributed by atoms with Crippen LogP contribution in [0.4, 0.5) is 8.78 Å². The summed E-state index contributed by atoms with van der Waals surface area (Å²) in [6.45, 7) is 0. The number of halogens is 2. The van der Waals surface area contributed by atoms with E-state index >= 15 is 0 Å². The lowest BCUT2D eigenvalue weighted by molar-refractivity contribution is -0.122. The van der Waals surface area contributed by atoms with Crippen LogP contribution in [-0.2, 0) is 11.2 Å². The molecule has 4 N–H and O–H groups in total. The number of carbonyl (C=O) groups is 2. The van der Waals surface area contributed by atoms with Crippen LogP contribution >= 0.6 is 0 Å². The predicted molar refractivity (Wildman–Crippen MR) is 120 cm³/mol. The minimum atomic E-state index is -1.90. The van der Waals surface area contributed by atoms with Crippen LogP contribution in [0.5, 0.6) is 0 Å². The lowest BCUT2D eigenvalue weighted by Crippen LogP contribution is -2.48. The number of benzene rings is 3. The Morgan fingerprint density at radius 2 is 1.52 bits per heavy atom. The van der Waals surface area contributed by atoms with Gasteiger partial charge in [-0.2, -0.15) is 0 Å². The van der Waals surface area contributed by atoms with Crippen molar-refractivity contribution in [2.45, 2.75) is 24.8 Å². The number of hydrogen-bond acceptors (Lipinski definition) is 4. The average molecular weight is 452 g/mol. The molecular weight excluding hydrogens is 429 g/mol. The number of amides is 2. The van der Waals surface area contributed by atoms with Crippen molar-refractivity contribution >= 4 is 18.9 Å². The van der Waals surface area contributed by atoms with Gasteiger partial charge in [0.1, 0.15) is 11.6 Å². The Labute approximate surface area is 190 Å². The summed E-state index contributed by atoms with van der Waals surface area (Å²) in [6, 6.07) is 18.6. The van der Waals surface area contributed by atoms with Crippen LogP contribution in [0.15, 0.2) is 78.9 Å². The second kappa shape index (κ2) is 11.4. The van der Waals surface area contributed by atoms with E-state index in [2.05, 4.69) is 10.6 Å². The van der Waals surface area contributed by atoms with Crippen molar-refractivity contribution in [3.63, 3.8) is 0 Å². The number of nitrogens with one attached hydrogen (secondary N) is 2. The van der Waals surface area contributed by atoms with Crippen molar-refractivity contribution < 1.29 is 28.4 Å². The molecule has 0 heterocycles. The molecular formula is C24H23BF2N2O4. The molecule has 3 rings (SSSR count). The molecule has 0 aliphatic heterocycles. The highest BCUT2D eigenvalue weighted by Gasteiger charge is 2.28. The van der Waals surface area contributed by atoms with Gasteiger partial charge in [-0.05, 0) is 53.9 Å². The highest BCUT2D eigenvalue weighted by atomic mass is 19.1. The number of carbonyl (C=O) groups excluding carboxylic acids is 2. The lowest BCUT2D eigenvalue weighted by Gasteiger charge is -2.22. The molecule has 0 bridgehead atoms. The maximum atomic E-state index is 13.8. The smallest absolute Gasteiger partial charge is 0.426 e. The Kier molecular flexibility index (Phi) is 8.29. The fourth-order valence-electron chi connectivity index (χ4n) is 3.41. The Morgan fingerprint density at radius 3 is 2.15 bits per heavy atom. The van der Waals surface area contributed by atoms with Crippen LogP contribution in [0.25, 0.3) is 0 Å². The van der Waals surface area contributed by atoms with Crippen LogP contribution in [0.1, 0.15) is 33.9 Å². The summed E-state index contributed by atoms with van der Waals surface area (Å²) in [7, 11) is -1.90. The maximum Gasteiger partial charge on any atom is 0.475 e. The lowest BCUT2D eigenvalue weighted by atomic mass is 9.75. The van der Waals surface area contributed by atoms with Gasteiger partial charge in [0.2, 0.25) is 5.91 Å². The molecule has 2 unspecified atom stereocenters. The molecule has 0 radical (unpaired) electrons. The van der Waals surface area contributed by atoms with Crippen molar-refractivity contribution in [2.24, 2.45) is 0 Å². The standard InChI is InChI=1S/C24H23BF2N2O4/c26-19-10-4-6-16(12-19)13-22(25(32)33)29-23(30)15-21(18-9-5-11-20(27)14-18)28-24(31)17-7-2-1-3-8-17/h1-12,14,21-22,32-33H,13,15H2,(H,28,31)(H,29,30). The molecule has 0 fully saturated rings. The van der Waals surface area contributed by atoms with E-state index in [0.717, 1.165) is 0 Å². The molecule has 33 heavy (non-hydrogen) atoms. The molecule has 2 amide bonds. The SMILES string of the molecule is O=C(CC(NC(=O)c1ccccc1)c1cccc(F)c1)NC(Cc1cccc(F)c1)B(O)O. The van der Waals surface area contributed by atoms with Gasteiger partial charge in [0.25, 0.3) is 5.91 Å². The van der Waals surface area contributed by atoms with Crippen molar-refractivity contribution in [1.82, 2.24) is 10.6 Å². The fourth-order valence-corrected chi connectivity index (χ4v) is 3.41. The molecule has 2 atom stereocenters. The maximum absolute atomic E-state index is 13.8. The predicted octanol–water partition coefficient (Wildman–Crippen LogP) is 2.57. The van der Waals surface area contributed by atoms with Gasteiger partial charge in [0.05, 0.1) is 18.4 Å². The molecule has 6 nitrogen and oxygen atoms in total. The van der Waals surface area contributed by atoms with Crippen LogP contribution in [0.3, 0.4) is 0 Å². The molecule has 0 aliphatic carbocycles. The third-order valence-electron chi connectivity index (χ3n) is 5.03. The third-order valence-corrected chi connectivity index (χ3v) is 5.03. The Hall–Kier alpha value is -3.56. The monoisotopic (exact) mass is 452 g/mol. The molecule has 3 aromatic rings. The minimum absolute atomic E-state index is 0.0256. The first-order valence-corrected chi connectivity index (χ1v) is 10.3. The zero-order chi connectivity index (χ0) is 23.8. The zero-order valence-electron chi connectivity index (χ0n) is 17.6. The molecule has 0 aromatic heterocycles. The number of hydrogen-bond donors (Lipinski definition) is 4. The van der Waals surface area contributed by atoms with Gasteiger partial charge in [0.15, 0.2) is 0 Å². The first-order chi connectivity index (χ1) is 15.8. The highest BCUT2D eigenvalue weighted by molar-refractivity contribution is 6.43. The van der Waals surface area contributed by atoms with Crippen molar-refractivity contribution in [2.75, 3.05) is 0 Å². The summed E-state index contributed by atoms with van der Waals surface area (Å²) in [4.78, 5) is 25.4. The second-order valence-electron chi connectivity index (χ2n) is 7.57. The highest BCUT2D eigenvalue weighted by Crippen LogP contribution is 2.19. The van der Waals surface area contributed by atoms with Crippen LogP contribution in [0.2, 0.25) is 0 Å². The van der Waals surface area contributed by atoms with Gasteiger partial charge in [-0.25, -0.2) is 8.78 Å². The topological polar surface area (TPSA) is 98.7 Å². The van der Waals surface area contributed by atoms with Gasteiger partial charge >= 0.3 is 7.12 Å². The van der Waals surface area contributed by atoms with Gasteiger partial charge in [-0.1, -0.05) is 42.5 Å². The van der Waals surface area contributed by atoms with E-state index in [1.54, 1.807) is 42.5 Å². The van der Waals surface area contributed by atoms with Gasteiger partial charge in [-0.15, -0.1) is 0 Å². The average Bonchev–Trinajstić information content (AvgIpc) is 2.78.